The second-order valence-electron chi connectivity index (χ2n) is 5.33. The van der Waals surface area contributed by atoms with E-state index in [-0.39, 0.29) is 24.3 Å². The Morgan fingerprint density at radius 2 is 2.20 bits per heavy atom. The van der Waals surface area contributed by atoms with Gasteiger partial charge in [-0.25, -0.2) is 9.67 Å². The number of rotatable bonds is 5. The molecule has 2 heterocycles. The van der Waals surface area contributed by atoms with Gasteiger partial charge in [0.2, 0.25) is 11.8 Å². The first kappa shape index (κ1) is 14.5. The number of carbonyl (C=O) groups excluding carboxylic acids is 2. The number of amides is 2. The Bertz CT molecular complexity index is 497. The number of hydrogen-bond donors (Lipinski definition) is 1. The summed E-state index contributed by atoms with van der Waals surface area (Å²) in [7, 11) is 0. The zero-order valence-corrected chi connectivity index (χ0v) is 12.2. The lowest BCUT2D eigenvalue weighted by atomic mass is 9.99. The molecule has 1 unspecified atom stereocenters. The third kappa shape index (κ3) is 2.81. The van der Waals surface area contributed by atoms with E-state index in [1.807, 2.05) is 13.8 Å². The predicted molar refractivity (Wildman–Crippen MR) is 72.5 cm³/mol. The van der Waals surface area contributed by atoms with Crippen LogP contribution >= 0.6 is 0 Å². The number of aryl methyl sites for hydroxylation is 1. The molecule has 0 saturated carbocycles. The molecule has 1 aromatic heterocycles. The maximum absolute atomic E-state index is 12.1. The monoisotopic (exact) mass is 279 g/mol. The Balaban J connectivity index is 2.21. The molecular weight excluding hydrogens is 258 g/mol. The SMILES string of the molecule is CCCn1ncnc1CN1C(=O)CNC(=O)C1C(C)C. The maximum atomic E-state index is 12.1. The Hall–Kier alpha value is -1.92. The highest BCUT2D eigenvalue weighted by Crippen LogP contribution is 2.17. The smallest absolute Gasteiger partial charge is 0.243 e. The van der Waals surface area contributed by atoms with Gasteiger partial charge in [-0.1, -0.05) is 20.8 Å². The van der Waals surface area contributed by atoms with E-state index in [1.54, 1.807) is 9.58 Å². The summed E-state index contributed by atoms with van der Waals surface area (Å²) in [6.07, 6.45) is 2.43. The lowest BCUT2D eigenvalue weighted by Gasteiger charge is -2.36. The van der Waals surface area contributed by atoms with Gasteiger partial charge in [0.1, 0.15) is 18.2 Å². The maximum Gasteiger partial charge on any atom is 0.243 e. The summed E-state index contributed by atoms with van der Waals surface area (Å²) in [6.45, 7) is 7.08. The first-order valence-corrected chi connectivity index (χ1v) is 6.98. The van der Waals surface area contributed by atoms with Crippen LogP contribution in [-0.4, -0.2) is 44.1 Å². The topological polar surface area (TPSA) is 80.1 Å². The van der Waals surface area contributed by atoms with Crippen LogP contribution < -0.4 is 5.32 Å². The standard InChI is InChI=1S/C13H21N5O2/c1-4-5-18-10(15-8-16-18)7-17-11(19)6-14-13(20)12(17)9(2)3/h8-9,12H,4-7H2,1-3H3,(H,14,20). The van der Waals surface area contributed by atoms with Gasteiger partial charge < -0.3 is 10.2 Å². The molecule has 0 aliphatic carbocycles. The van der Waals surface area contributed by atoms with E-state index in [0.717, 1.165) is 18.8 Å². The number of nitrogens with zero attached hydrogens (tertiary/aromatic N) is 4. The van der Waals surface area contributed by atoms with E-state index >= 15 is 0 Å². The second kappa shape index (κ2) is 6.02. The van der Waals surface area contributed by atoms with Crippen LogP contribution in [0.25, 0.3) is 0 Å². The minimum absolute atomic E-state index is 0.0572. The molecule has 0 radical (unpaired) electrons. The first-order chi connectivity index (χ1) is 9.54. The van der Waals surface area contributed by atoms with Crippen molar-refractivity contribution in [1.29, 1.82) is 0 Å². The molecule has 2 rings (SSSR count). The van der Waals surface area contributed by atoms with E-state index in [1.165, 1.54) is 6.33 Å². The van der Waals surface area contributed by atoms with Crippen molar-refractivity contribution in [2.24, 2.45) is 5.92 Å². The van der Waals surface area contributed by atoms with Gasteiger partial charge in [-0.05, 0) is 12.3 Å². The number of aromatic nitrogens is 3. The largest absolute Gasteiger partial charge is 0.345 e. The third-order valence-electron chi connectivity index (χ3n) is 3.41. The molecule has 1 atom stereocenters. The van der Waals surface area contributed by atoms with Crippen LogP contribution in [0.15, 0.2) is 6.33 Å². The van der Waals surface area contributed by atoms with Gasteiger partial charge in [-0.2, -0.15) is 5.10 Å². The summed E-state index contributed by atoms with van der Waals surface area (Å²) in [5.74, 6) is 0.609. The van der Waals surface area contributed by atoms with Crippen molar-refractivity contribution in [2.45, 2.75) is 46.3 Å². The molecule has 2 amide bonds. The van der Waals surface area contributed by atoms with Crippen LogP contribution in [0.5, 0.6) is 0 Å². The minimum atomic E-state index is -0.442. The van der Waals surface area contributed by atoms with Crippen molar-refractivity contribution < 1.29 is 9.59 Å². The summed E-state index contributed by atoms with van der Waals surface area (Å²) in [5, 5.41) is 6.79. The van der Waals surface area contributed by atoms with E-state index in [0.29, 0.717) is 6.54 Å². The van der Waals surface area contributed by atoms with E-state index in [4.69, 9.17) is 0 Å². The Kier molecular flexibility index (Phi) is 4.36. The normalized spacial score (nSPS) is 19.6. The summed E-state index contributed by atoms with van der Waals surface area (Å²) in [5.41, 5.74) is 0. The van der Waals surface area contributed by atoms with E-state index in [2.05, 4.69) is 22.3 Å². The van der Waals surface area contributed by atoms with Gasteiger partial charge >= 0.3 is 0 Å². The van der Waals surface area contributed by atoms with Gasteiger partial charge in [0.25, 0.3) is 0 Å². The highest BCUT2D eigenvalue weighted by atomic mass is 16.2. The van der Waals surface area contributed by atoms with Gasteiger partial charge in [0.15, 0.2) is 0 Å². The van der Waals surface area contributed by atoms with Gasteiger partial charge in [-0.3, -0.25) is 9.59 Å². The summed E-state index contributed by atoms with van der Waals surface area (Å²) in [6, 6.07) is -0.442. The summed E-state index contributed by atoms with van der Waals surface area (Å²) >= 11 is 0. The second-order valence-corrected chi connectivity index (χ2v) is 5.33. The fraction of sp³-hybridized carbons (Fsp3) is 0.692. The number of nitrogens with one attached hydrogen (secondary N) is 1. The molecule has 7 nitrogen and oxygen atoms in total. The Labute approximate surface area is 118 Å². The number of hydrogen-bond acceptors (Lipinski definition) is 4. The van der Waals surface area contributed by atoms with E-state index < -0.39 is 6.04 Å². The average molecular weight is 279 g/mol. The molecule has 1 saturated heterocycles. The Morgan fingerprint density at radius 1 is 1.45 bits per heavy atom. The number of piperazine rings is 1. The van der Waals surface area contributed by atoms with Crippen molar-refractivity contribution in [3.63, 3.8) is 0 Å². The lowest BCUT2D eigenvalue weighted by Crippen LogP contribution is -2.59. The molecular formula is C13H21N5O2. The van der Waals surface area contributed by atoms with Crippen molar-refractivity contribution in [3.8, 4) is 0 Å². The van der Waals surface area contributed by atoms with Crippen molar-refractivity contribution >= 4 is 11.8 Å². The van der Waals surface area contributed by atoms with Crippen molar-refractivity contribution in [2.75, 3.05) is 6.54 Å². The fourth-order valence-electron chi connectivity index (χ4n) is 2.48. The molecule has 0 spiro atoms. The van der Waals surface area contributed by atoms with E-state index in [9.17, 15) is 9.59 Å². The molecule has 1 aliphatic heterocycles. The van der Waals surface area contributed by atoms with Crippen molar-refractivity contribution in [3.05, 3.63) is 12.2 Å². The van der Waals surface area contributed by atoms with Gasteiger partial charge in [0, 0.05) is 6.54 Å². The van der Waals surface area contributed by atoms with Crippen LogP contribution in [0.4, 0.5) is 0 Å². The zero-order chi connectivity index (χ0) is 14.7. The third-order valence-corrected chi connectivity index (χ3v) is 3.41. The molecule has 20 heavy (non-hydrogen) atoms. The molecule has 1 N–H and O–H groups in total. The molecule has 110 valence electrons. The Morgan fingerprint density at radius 3 is 2.85 bits per heavy atom. The van der Waals surface area contributed by atoms with Crippen LogP contribution in [0.1, 0.15) is 33.0 Å². The van der Waals surface area contributed by atoms with Crippen molar-refractivity contribution in [1.82, 2.24) is 25.0 Å². The lowest BCUT2D eigenvalue weighted by molar-refractivity contribution is -0.148. The van der Waals surface area contributed by atoms with Crippen LogP contribution in [0.3, 0.4) is 0 Å². The summed E-state index contributed by atoms with van der Waals surface area (Å²) in [4.78, 5) is 29.9. The molecule has 1 aromatic rings. The summed E-state index contributed by atoms with van der Waals surface area (Å²) < 4.78 is 1.79. The average Bonchev–Trinajstić information content (AvgIpc) is 2.81. The van der Waals surface area contributed by atoms with Gasteiger partial charge in [-0.15, -0.1) is 0 Å². The molecule has 1 fully saturated rings. The van der Waals surface area contributed by atoms with Crippen LogP contribution in [-0.2, 0) is 22.7 Å². The molecule has 0 bridgehead atoms. The highest BCUT2D eigenvalue weighted by molar-refractivity contribution is 5.94. The number of carbonyl (C=O) groups is 2. The first-order valence-electron chi connectivity index (χ1n) is 6.98. The quantitative estimate of drug-likeness (QED) is 0.833. The van der Waals surface area contributed by atoms with Crippen LogP contribution in [0, 0.1) is 5.92 Å². The minimum Gasteiger partial charge on any atom is -0.345 e. The molecule has 7 heteroatoms. The van der Waals surface area contributed by atoms with Gasteiger partial charge in [0.05, 0.1) is 13.1 Å². The predicted octanol–water partition coefficient (Wildman–Crippen LogP) is 0.171. The fourth-order valence-corrected chi connectivity index (χ4v) is 2.48. The molecule has 0 aromatic carbocycles. The zero-order valence-electron chi connectivity index (χ0n) is 12.2. The van der Waals surface area contributed by atoms with Crippen LogP contribution in [0.2, 0.25) is 0 Å². The highest BCUT2D eigenvalue weighted by Gasteiger charge is 2.37. The molecule has 1 aliphatic rings.